The summed E-state index contributed by atoms with van der Waals surface area (Å²) in [5.41, 5.74) is -1.10. The van der Waals surface area contributed by atoms with Crippen LogP contribution in [0.4, 0.5) is 27.6 Å². The minimum atomic E-state index is -4.85. The maximum absolute atomic E-state index is 13.6. The highest BCUT2D eigenvalue weighted by Crippen LogP contribution is 2.29. The third-order valence-corrected chi connectivity index (χ3v) is 5.53. The van der Waals surface area contributed by atoms with Crippen molar-refractivity contribution < 1.29 is 35.2 Å². The van der Waals surface area contributed by atoms with Crippen molar-refractivity contribution in [1.29, 1.82) is 0 Å². The molecule has 0 fully saturated rings. The number of anilines is 1. The first-order chi connectivity index (χ1) is 12.7. The minimum absolute atomic E-state index is 0.502. The predicted molar refractivity (Wildman–Crippen MR) is 88.4 cm³/mol. The summed E-state index contributed by atoms with van der Waals surface area (Å²) in [7, 11) is -3.55. The lowest BCUT2D eigenvalue weighted by Gasteiger charge is -2.16. The summed E-state index contributed by atoms with van der Waals surface area (Å²) in [5, 5.41) is 1.29. The van der Waals surface area contributed by atoms with Gasteiger partial charge in [0.1, 0.15) is 16.6 Å². The molecule has 0 bridgehead atoms. The van der Waals surface area contributed by atoms with Crippen LogP contribution < -0.4 is 10.0 Å². The van der Waals surface area contributed by atoms with Crippen LogP contribution in [0.3, 0.4) is 0 Å². The number of aryl methyl sites for hydroxylation is 1. The summed E-state index contributed by atoms with van der Waals surface area (Å²) in [5.74, 6) is -3.29. The van der Waals surface area contributed by atoms with E-state index >= 15 is 0 Å². The zero-order valence-electron chi connectivity index (χ0n) is 14.1. The van der Waals surface area contributed by atoms with Crippen LogP contribution in [0.5, 0.6) is 0 Å². The Balaban J connectivity index is 2.37. The van der Waals surface area contributed by atoms with Crippen LogP contribution in [0, 0.1) is 11.8 Å². The molecular formula is C14H12ClF5N4O3S. The fraction of sp³-hybridized carbons (Fsp3) is 0.286. The Kier molecular flexibility index (Phi) is 6.01. The smallest absolute Gasteiger partial charge is 0.344 e. The largest absolute Gasteiger partial charge is 0.404 e. The van der Waals surface area contributed by atoms with Crippen molar-refractivity contribution in [3.63, 3.8) is 0 Å². The number of hydrogen-bond acceptors (Lipinski definition) is 4. The molecule has 7 nitrogen and oxygen atoms in total. The van der Waals surface area contributed by atoms with Crippen LogP contribution in [-0.2, 0) is 17.1 Å². The number of alkyl halides is 3. The van der Waals surface area contributed by atoms with Crippen LogP contribution in [-0.4, -0.2) is 36.1 Å². The summed E-state index contributed by atoms with van der Waals surface area (Å²) >= 11 is 5.88. The van der Waals surface area contributed by atoms with E-state index in [-0.39, 0.29) is 0 Å². The van der Waals surface area contributed by atoms with Crippen molar-refractivity contribution in [3.8, 4) is 0 Å². The van der Waals surface area contributed by atoms with Crippen LogP contribution in [0.25, 0.3) is 0 Å². The lowest BCUT2D eigenvalue weighted by molar-refractivity contribution is -0.147. The second-order valence-corrected chi connectivity index (χ2v) is 7.65. The SMILES string of the molecule is C[C@@H](NS(=O)(=O)c1cn(C)c(C(=O)Nc2cc(F)ncc2F)c1Cl)C(F)(F)F. The second kappa shape index (κ2) is 7.64. The van der Waals surface area contributed by atoms with Crippen molar-refractivity contribution in [3.05, 3.63) is 40.9 Å². The van der Waals surface area contributed by atoms with Crippen molar-refractivity contribution >= 4 is 33.2 Å². The molecule has 0 aliphatic heterocycles. The molecule has 0 saturated heterocycles. The maximum atomic E-state index is 13.6. The normalized spacial score (nSPS) is 13.4. The fourth-order valence-electron chi connectivity index (χ4n) is 2.07. The van der Waals surface area contributed by atoms with E-state index in [1.807, 2.05) is 5.32 Å². The van der Waals surface area contributed by atoms with Gasteiger partial charge in [0.05, 0.1) is 16.9 Å². The lowest BCUT2D eigenvalue weighted by Crippen LogP contribution is -2.42. The number of halogens is 6. The molecule has 0 aliphatic rings. The second-order valence-electron chi connectivity index (χ2n) is 5.59. The number of nitrogens with zero attached hydrogens (tertiary/aromatic N) is 2. The number of hydrogen-bond donors (Lipinski definition) is 2. The van der Waals surface area contributed by atoms with E-state index in [1.165, 1.54) is 11.8 Å². The highest BCUT2D eigenvalue weighted by Gasteiger charge is 2.40. The van der Waals surface area contributed by atoms with Crippen molar-refractivity contribution in [2.45, 2.75) is 24.0 Å². The maximum Gasteiger partial charge on any atom is 0.404 e. The average molecular weight is 447 g/mol. The Morgan fingerprint density at radius 1 is 1.32 bits per heavy atom. The average Bonchev–Trinajstić information content (AvgIpc) is 2.85. The van der Waals surface area contributed by atoms with Crippen molar-refractivity contribution in [2.24, 2.45) is 7.05 Å². The Morgan fingerprint density at radius 3 is 2.50 bits per heavy atom. The van der Waals surface area contributed by atoms with Gasteiger partial charge < -0.3 is 9.88 Å². The number of rotatable bonds is 5. The number of carbonyl (C=O) groups is 1. The number of carbonyl (C=O) groups excluding carboxylic acids is 1. The van der Waals surface area contributed by atoms with Gasteiger partial charge in [-0.2, -0.15) is 22.3 Å². The third-order valence-electron chi connectivity index (χ3n) is 3.49. The topological polar surface area (TPSA) is 93.1 Å². The molecule has 28 heavy (non-hydrogen) atoms. The summed E-state index contributed by atoms with van der Waals surface area (Å²) in [4.78, 5) is 14.6. The number of pyridine rings is 1. The molecule has 2 heterocycles. The van der Waals surface area contributed by atoms with E-state index in [0.717, 1.165) is 10.8 Å². The third kappa shape index (κ3) is 4.59. The molecule has 1 amide bonds. The zero-order valence-corrected chi connectivity index (χ0v) is 15.7. The first kappa shape index (κ1) is 22.0. The molecule has 2 aromatic heterocycles. The van der Waals surface area contributed by atoms with Crippen LogP contribution >= 0.6 is 11.6 Å². The highest BCUT2D eigenvalue weighted by atomic mass is 35.5. The molecular weight excluding hydrogens is 435 g/mol. The van der Waals surface area contributed by atoms with Gasteiger partial charge in [-0.1, -0.05) is 11.6 Å². The molecule has 0 aliphatic carbocycles. The molecule has 2 rings (SSSR count). The fourth-order valence-corrected chi connectivity index (χ4v) is 4.00. The Hall–Kier alpha value is -2.25. The summed E-state index contributed by atoms with van der Waals surface area (Å²) in [6, 6.07) is -1.84. The molecule has 14 heteroatoms. The molecule has 0 spiro atoms. The minimum Gasteiger partial charge on any atom is -0.344 e. The first-order valence-electron chi connectivity index (χ1n) is 7.30. The van der Waals surface area contributed by atoms with Gasteiger partial charge in [-0.15, -0.1) is 0 Å². The van der Waals surface area contributed by atoms with Gasteiger partial charge in [0.2, 0.25) is 16.0 Å². The summed E-state index contributed by atoms with van der Waals surface area (Å²) < 4.78 is 91.3. The molecule has 0 radical (unpaired) electrons. The molecule has 0 unspecified atom stereocenters. The van der Waals surface area contributed by atoms with Gasteiger partial charge in [-0.3, -0.25) is 4.79 Å². The number of sulfonamides is 1. The number of amides is 1. The molecule has 154 valence electrons. The van der Waals surface area contributed by atoms with Crippen LogP contribution in [0.15, 0.2) is 23.4 Å². The monoisotopic (exact) mass is 446 g/mol. The highest BCUT2D eigenvalue weighted by molar-refractivity contribution is 7.89. The van der Waals surface area contributed by atoms with E-state index in [2.05, 4.69) is 4.98 Å². The van der Waals surface area contributed by atoms with Gasteiger partial charge >= 0.3 is 6.18 Å². The summed E-state index contributed by atoms with van der Waals surface area (Å²) in [6.07, 6.45) is -3.53. The first-order valence-corrected chi connectivity index (χ1v) is 9.16. The van der Waals surface area contributed by atoms with Crippen molar-refractivity contribution in [1.82, 2.24) is 14.3 Å². The quantitative estimate of drug-likeness (QED) is 0.545. The zero-order chi connectivity index (χ0) is 21.4. The van der Waals surface area contributed by atoms with E-state index < -0.39 is 61.2 Å². The Bertz CT molecular complexity index is 1020. The lowest BCUT2D eigenvalue weighted by atomic mass is 10.3. The van der Waals surface area contributed by atoms with E-state index in [4.69, 9.17) is 11.6 Å². The molecule has 2 aromatic rings. The molecule has 0 saturated carbocycles. The number of nitrogens with one attached hydrogen (secondary N) is 2. The number of aromatic nitrogens is 2. The van der Waals surface area contributed by atoms with E-state index in [1.54, 1.807) is 0 Å². The standard InChI is InChI=1S/C14H12ClF5N4O3S/c1-6(14(18,19)20)23-28(26,27)9-5-24(2)12(11(9)15)13(25)22-8-3-10(17)21-4-7(8)16/h3-6,23H,1-2H3,(H,21,22,25)/t6-/m1/s1. The van der Waals surface area contributed by atoms with Gasteiger partial charge in [0.15, 0.2) is 5.82 Å². The molecule has 1 atom stereocenters. The molecule has 2 N–H and O–H groups in total. The van der Waals surface area contributed by atoms with E-state index in [9.17, 15) is 35.2 Å². The van der Waals surface area contributed by atoms with Crippen LogP contribution in [0.2, 0.25) is 5.02 Å². The van der Waals surface area contributed by atoms with Crippen LogP contribution in [0.1, 0.15) is 17.4 Å². The van der Waals surface area contributed by atoms with E-state index in [0.29, 0.717) is 19.2 Å². The Labute approximate surface area is 160 Å². The predicted octanol–water partition coefficient (Wildman–Crippen LogP) is 2.83. The van der Waals surface area contributed by atoms with Gasteiger partial charge in [-0.05, 0) is 6.92 Å². The van der Waals surface area contributed by atoms with Gasteiger partial charge in [0.25, 0.3) is 5.91 Å². The van der Waals surface area contributed by atoms with Gasteiger partial charge in [-0.25, -0.2) is 17.8 Å². The van der Waals surface area contributed by atoms with Crippen molar-refractivity contribution in [2.75, 3.05) is 5.32 Å². The summed E-state index contributed by atoms with van der Waals surface area (Å²) in [6.45, 7) is 0.586. The van der Waals surface area contributed by atoms with Gasteiger partial charge in [0, 0.05) is 19.3 Å². The Morgan fingerprint density at radius 2 is 1.93 bits per heavy atom. The molecule has 0 aromatic carbocycles.